The molecular weight excluding hydrogens is 300 g/mol. The lowest BCUT2D eigenvalue weighted by molar-refractivity contribution is -0.145. The van der Waals surface area contributed by atoms with E-state index in [9.17, 15) is 9.59 Å². The predicted molar refractivity (Wildman–Crippen MR) is 96.6 cm³/mol. The van der Waals surface area contributed by atoms with Crippen LogP contribution in [0.15, 0.2) is 30.3 Å². The van der Waals surface area contributed by atoms with Crippen LogP contribution in [0.2, 0.25) is 0 Å². The molecule has 1 heterocycles. The predicted octanol–water partition coefficient (Wildman–Crippen LogP) is 3.14. The summed E-state index contributed by atoms with van der Waals surface area (Å²) in [6.07, 6.45) is 0. The zero-order chi connectivity index (χ0) is 17.9. The fraction of sp³-hybridized carbons (Fsp3) is 0.600. The van der Waals surface area contributed by atoms with Gasteiger partial charge in [0, 0.05) is 31.6 Å². The summed E-state index contributed by atoms with van der Waals surface area (Å²) >= 11 is 0. The van der Waals surface area contributed by atoms with Crippen LogP contribution in [0.1, 0.15) is 46.1 Å². The molecule has 0 N–H and O–H groups in total. The SMILES string of the molecule is CC(C)C(C(=O)N1CCN(C(=O)C(C)(C)C)CC1)c1ccccc1. The van der Waals surface area contributed by atoms with E-state index < -0.39 is 0 Å². The number of hydrogen-bond donors (Lipinski definition) is 0. The molecule has 0 aromatic heterocycles. The third-order valence-corrected chi connectivity index (χ3v) is 4.61. The Balaban J connectivity index is 2.05. The fourth-order valence-corrected chi connectivity index (χ4v) is 3.27. The average molecular weight is 330 g/mol. The fourth-order valence-electron chi connectivity index (χ4n) is 3.27. The molecule has 1 atom stereocenters. The summed E-state index contributed by atoms with van der Waals surface area (Å²) in [5, 5.41) is 0. The van der Waals surface area contributed by atoms with Gasteiger partial charge < -0.3 is 9.80 Å². The third kappa shape index (κ3) is 4.16. The Morgan fingerprint density at radius 1 is 0.917 bits per heavy atom. The van der Waals surface area contributed by atoms with Crippen LogP contribution in [-0.4, -0.2) is 47.8 Å². The Kier molecular flexibility index (Phi) is 5.68. The van der Waals surface area contributed by atoms with E-state index in [1.807, 2.05) is 60.9 Å². The molecule has 0 saturated carbocycles. The lowest BCUT2D eigenvalue weighted by atomic mass is 9.87. The molecule has 2 amide bonds. The number of hydrogen-bond acceptors (Lipinski definition) is 2. The van der Waals surface area contributed by atoms with Gasteiger partial charge in [0.05, 0.1) is 5.92 Å². The highest BCUT2D eigenvalue weighted by Crippen LogP contribution is 2.27. The van der Waals surface area contributed by atoms with Gasteiger partial charge >= 0.3 is 0 Å². The summed E-state index contributed by atoms with van der Waals surface area (Å²) in [7, 11) is 0. The van der Waals surface area contributed by atoms with E-state index in [1.54, 1.807) is 0 Å². The second kappa shape index (κ2) is 7.37. The van der Waals surface area contributed by atoms with Gasteiger partial charge in [-0.2, -0.15) is 0 Å². The molecule has 132 valence electrons. The van der Waals surface area contributed by atoms with Crippen molar-refractivity contribution in [1.29, 1.82) is 0 Å². The minimum atomic E-state index is -0.364. The number of carbonyl (C=O) groups excluding carboxylic acids is 2. The number of nitrogens with zero attached hydrogens (tertiary/aromatic N) is 2. The third-order valence-electron chi connectivity index (χ3n) is 4.61. The smallest absolute Gasteiger partial charge is 0.230 e. The molecule has 1 saturated heterocycles. The minimum absolute atomic E-state index is 0.115. The Hall–Kier alpha value is -1.84. The molecule has 1 unspecified atom stereocenters. The van der Waals surface area contributed by atoms with Crippen molar-refractivity contribution in [3.63, 3.8) is 0 Å². The number of rotatable bonds is 3. The summed E-state index contributed by atoms with van der Waals surface area (Å²) in [5.74, 6) is 0.474. The summed E-state index contributed by atoms with van der Waals surface area (Å²) < 4.78 is 0. The van der Waals surface area contributed by atoms with Crippen molar-refractivity contribution in [1.82, 2.24) is 9.80 Å². The normalized spacial score (nSPS) is 17.1. The van der Waals surface area contributed by atoms with Gasteiger partial charge in [-0.05, 0) is 11.5 Å². The van der Waals surface area contributed by atoms with E-state index in [-0.39, 0.29) is 29.1 Å². The first-order chi connectivity index (χ1) is 11.2. The highest BCUT2D eigenvalue weighted by molar-refractivity contribution is 5.85. The second-order valence-corrected chi connectivity index (χ2v) is 8.00. The van der Waals surface area contributed by atoms with Gasteiger partial charge in [0.2, 0.25) is 11.8 Å². The number of piperazine rings is 1. The Morgan fingerprint density at radius 2 is 1.42 bits per heavy atom. The van der Waals surface area contributed by atoms with Crippen molar-refractivity contribution in [3.05, 3.63) is 35.9 Å². The molecule has 1 aliphatic heterocycles. The zero-order valence-electron chi connectivity index (χ0n) is 15.6. The molecular formula is C20H30N2O2. The molecule has 2 rings (SSSR count). The molecule has 0 radical (unpaired) electrons. The molecule has 1 aromatic rings. The standard InChI is InChI=1S/C20H30N2O2/c1-15(2)17(16-9-7-6-8-10-16)18(23)21-11-13-22(14-12-21)19(24)20(3,4)5/h6-10,15,17H,11-14H2,1-5H3. The lowest BCUT2D eigenvalue weighted by Gasteiger charge is -2.39. The Morgan fingerprint density at radius 3 is 1.88 bits per heavy atom. The maximum absolute atomic E-state index is 13.0. The van der Waals surface area contributed by atoms with E-state index >= 15 is 0 Å². The largest absolute Gasteiger partial charge is 0.339 e. The van der Waals surface area contributed by atoms with Gasteiger partial charge in [0.15, 0.2) is 0 Å². The van der Waals surface area contributed by atoms with Crippen LogP contribution in [0, 0.1) is 11.3 Å². The molecule has 0 bridgehead atoms. The Bertz CT molecular complexity index is 567. The highest BCUT2D eigenvalue weighted by Gasteiger charge is 2.34. The lowest BCUT2D eigenvalue weighted by Crippen LogP contribution is -2.54. The summed E-state index contributed by atoms with van der Waals surface area (Å²) in [4.78, 5) is 29.2. The van der Waals surface area contributed by atoms with Crippen molar-refractivity contribution in [3.8, 4) is 0 Å². The quantitative estimate of drug-likeness (QED) is 0.854. The van der Waals surface area contributed by atoms with Gasteiger partial charge in [-0.1, -0.05) is 65.0 Å². The Labute approximate surface area is 145 Å². The number of amides is 2. The van der Waals surface area contributed by atoms with Gasteiger partial charge in [-0.3, -0.25) is 9.59 Å². The summed E-state index contributed by atoms with van der Waals surface area (Å²) in [6.45, 7) is 12.5. The van der Waals surface area contributed by atoms with Gasteiger partial charge in [-0.15, -0.1) is 0 Å². The van der Waals surface area contributed by atoms with E-state index in [0.717, 1.165) is 5.56 Å². The molecule has 1 aliphatic rings. The zero-order valence-corrected chi connectivity index (χ0v) is 15.6. The first-order valence-corrected chi connectivity index (χ1v) is 8.85. The summed E-state index contributed by atoms with van der Waals surface area (Å²) in [6, 6.07) is 10.0. The maximum Gasteiger partial charge on any atom is 0.230 e. The number of benzene rings is 1. The molecule has 0 spiro atoms. The van der Waals surface area contributed by atoms with Crippen LogP contribution >= 0.6 is 0 Å². The number of carbonyl (C=O) groups is 2. The first kappa shape index (κ1) is 18.5. The molecule has 1 aromatic carbocycles. The van der Waals surface area contributed by atoms with Crippen LogP contribution in [0.5, 0.6) is 0 Å². The average Bonchev–Trinajstić information content (AvgIpc) is 2.54. The summed E-state index contributed by atoms with van der Waals surface area (Å²) in [5.41, 5.74) is 0.710. The van der Waals surface area contributed by atoms with Crippen molar-refractivity contribution in [2.45, 2.75) is 40.5 Å². The molecule has 4 nitrogen and oxygen atoms in total. The van der Waals surface area contributed by atoms with Gasteiger partial charge in [0.1, 0.15) is 0 Å². The maximum atomic E-state index is 13.0. The van der Waals surface area contributed by atoms with E-state index in [0.29, 0.717) is 26.2 Å². The monoisotopic (exact) mass is 330 g/mol. The molecule has 24 heavy (non-hydrogen) atoms. The van der Waals surface area contributed by atoms with Crippen LogP contribution < -0.4 is 0 Å². The van der Waals surface area contributed by atoms with E-state index in [4.69, 9.17) is 0 Å². The van der Waals surface area contributed by atoms with Crippen LogP contribution in [0.3, 0.4) is 0 Å². The van der Waals surface area contributed by atoms with Crippen LogP contribution in [0.4, 0.5) is 0 Å². The second-order valence-electron chi connectivity index (χ2n) is 8.00. The van der Waals surface area contributed by atoms with Crippen molar-refractivity contribution in [2.24, 2.45) is 11.3 Å². The van der Waals surface area contributed by atoms with Crippen LogP contribution in [0.25, 0.3) is 0 Å². The van der Waals surface area contributed by atoms with E-state index in [2.05, 4.69) is 13.8 Å². The molecule has 0 aliphatic carbocycles. The van der Waals surface area contributed by atoms with Gasteiger partial charge in [0.25, 0.3) is 0 Å². The van der Waals surface area contributed by atoms with Gasteiger partial charge in [-0.25, -0.2) is 0 Å². The first-order valence-electron chi connectivity index (χ1n) is 8.85. The minimum Gasteiger partial charge on any atom is -0.339 e. The van der Waals surface area contributed by atoms with Crippen molar-refractivity contribution >= 4 is 11.8 Å². The topological polar surface area (TPSA) is 40.6 Å². The van der Waals surface area contributed by atoms with Crippen molar-refractivity contribution < 1.29 is 9.59 Å². The molecule has 4 heteroatoms. The highest BCUT2D eigenvalue weighted by atomic mass is 16.2. The van der Waals surface area contributed by atoms with E-state index in [1.165, 1.54) is 0 Å². The van der Waals surface area contributed by atoms with Crippen molar-refractivity contribution in [2.75, 3.05) is 26.2 Å². The van der Waals surface area contributed by atoms with Crippen LogP contribution in [-0.2, 0) is 9.59 Å². The molecule has 1 fully saturated rings.